The van der Waals surface area contributed by atoms with Gasteiger partial charge < -0.3 is 11.1 Å². The highest BCUT2D eigenvalue weighted by Crippen LogP contribution is 2.23. The molecular formula is C14H20N4S. The van der Waals surface area contributed by atoms with E-state index in [1.54, 1.807) is 0 Å². The van der Waals surface area contributed by atoms with E-state index in [0.717, 1.165) is 30.2 Å². The van der Waals surface area contributed by atoms with Crippen LogP contribution in [0.25, 0.3) is 0 Å². The van der Waals surface area contributed by atoms with Crippen LogP contribution in [0.5, 0.6) is 0 Å². The Morgan fingerprint density at radius 2 is 2.00 bits per heavy atom. The zero-order chi connectivity index (χ0) is 14.0. The van der Waals surface area contributed by atoms with Gasteiger partial charge >= 0.3 is 0 Å². The monoisotopic (exact) mass is 276 g/mol. The molecule has 0 aliphatic carbocycles. The Labute approximate surface area is 118 Å². The number of nitrogens with one attached hydrogen (secondary N) is 1. The van der Waals surface area contributed by atoms with E-state index in [2.05, 4.69) is 35.2 Å². The second-order valence-corrected chi connectivity index (χ2v) is 6.00. The summed E-state index contributed by atoms with van der Waals surface area (Å²) in [5.74, 6) is 2.19. The number of hydrogen-bond donors (Lipinski definition) is 2. The third-order valence-electron chi connectivity index (χ3n) is 3.19. The number of anilines is 2. The highest BCUT2D eigenvalue weighted by Gasteiger charge is 2.08. The first-order chi connectivity index (χ1) is 9.01. The average Bonchev–Trinajstić information content (AvgIpc) is 2.70. The van der Waals surface area contributed by atoms with Crippen molar-refractivity contribution >= 4 is 23.0 Å². The van der Waals surface area contributed by atoms with E-state index in [0.29, 0.717) is 5.82 Å². The van der Waals surface area contributed by atoms with E-state index >= 15 is 0 Å². The van der Waals surface area contributed by atoms with Gasteiger partial charge in [-0.3, -0.25) is 0 Å². The molecule has 0 saturated carbocycles. The van der Waals surface area contributed by atoms with Gasteiger partial charge in [-0.25, -0.2) is 9.97 Å². The molecule has 0 aliphatic heterocycles. The Balaban J connectivity index is 2.17. The molecule has 2 heterocycles. The van der Waals surface area contributed by atoms with Crippen molar-refractivity contribution in [3.63, 3.8) is 0 Å². The Morgan fingerprint density at radius 1 is 1.26 bits per heavy atom. The zero-order valence-corrected chi connectivity index (χ0v) is 12.7. The number of thiophene rings is 1. The number of nitrogen functional groups attached to an aromatic ring is 1. The normalized spacial score (nSPS) is 10.7. The summed E-state index contributed by atoms with van der Waals surface area (Å²) in [5.41, 5.74) is 8.17. The summed E-state index contributed by atoms with van der Waals surface area (Å²) in [6, 6.07) is 2.22. The van der Waals surface area contributed by atoms with Gasteiger partial charge in [0.1, 0.15) is 17.5 Å². The lowest BCUT2D eigenvalue weighted by molar-refractivity contribution is 0.930. The van der Waals surface area contributed by atoms with Crippen LogP contribution in [0.1, 0.15) is 33.6 Å². The van der Waals surface area contributed by atoms with Crippen LogP contribution >= 0.6 is 11.3 Å². The number of aromatic nitrogens is 2. The molecule has 3 N–H and O–H groups in total. The lowest BCUT2D eigenvalue weighted by Crippen LogP contribution is -2.08. The average molecular weight is 276 g/mol. The van der Waals surface area contributed by atoms with Crippen molar-refractivity contribution in [2.45, 2.75) is 40.7 Å². The molecule has 4 nitrogen and oxygen atoms in total. The fraction of sp³-hybridized carbons (Fsp3) is 0.429. The molecule has 0 aliphatic rings. The van der Waals surface area contributed by atoms with Gasteiger partial charge in [0.05, 0.1) is 6.54 Å². The van der Waals surface area contributed by atoms with Gasteiger partial charge in [0, 0.05) is 21.7 Å². The molecular weight excluding hydrogens is 256 g/mol. The second-order valence-electron chi connectivity index (χ2n) is 4.66. The fourth-order valence-corrected chi connectivity index (χ4v) is 2.81. The molecule has 0 saturated heterocycles. The van der Waals surface area contributed by atoms with Crippen LogP contribution in [0, 0.1) is 20.8 Å². The summed E-state index contributed by atoms with van der Waals surface area (Å²) in [6.45, 7) is 9.03. The first kappa shape index (κ1) is 13.8. The van der Waals surface area contributed by atoms with E-state index in [1.165, 1.54) is 15.3 Å². The number of aryl methyl sites for hydroxylation is 3. The summed E-state index contributed by atoms with van der Waals surface area (Å²) in [6.07, 6.45) is 0.788. The standard InChI is InChI=1S/C14H20N4S/c1-5-12-17-13(15)9(3)14(18-12)16-7-11-6-8(2)10(4)19-11/h6H,5,7H2,1-4H3,(H3,15,16,17,18). The third-order valence-corrected chi connectivity index (χ3v) is 4.35. The first-order valence-electron chi connectivity index (χ1n) is 6.44. The lowest BCUT2D eigenvalue weighted by atomic mass is 10.2. The number of rotatable bonds is 4. The van der Waals surface area contributed by atoms with Gasteiger partial charge in [-0.2, -0.15) is 0 Å². The van der Waals surface area contributed by atoms with Crippen molar-refractivity contribution in [1.82, 2.24) is 9.97 Å². The highest BCUT2D eigenvalue weighted by molar-refractivity contribution is 7.12. The molecule has 0 radical (unpaired) electrons. The summed E-state index contributed by atoms with van der Waals surface area (Å²) in [4.78, 5) is 11.4. The summed E-state index contributed by atoms with van der Waals surface area (Å²) >= 11 is 1.82. The molecule has 0 unspecified atom stereocenters. The molecule has 2 aromatic rings. The van der Waals surface area contributed by atoms with Crippen LogP contribution in [-0.2, 0) is 13.0 Å². The van der Waals surface area contributed by atoms with Gasteiger partial charge in [-0.05, 0) is 32.4 Å². The number of nitrogens with two attached hydrogens (primary N) is 1. The zero-order valence-electron chi connectivity index (χ0n) is 11.9. The maximum atomic E-state index is 5.91. The van der Waals surface area contributed by atoms with Crippen molar-refractivity contribution < 1.29 is 0 Å². The molecule has 0 bridgehead atoms. The molecule has 19 heavy (non-hydrogen) atoms. The smallest absolute Gasteiger partial charge is 0.135 e. The second kappa shape index (κ2) is 5.57. The van der Waals surface area contributed by atoms with Crippen molar-refractivity contribution in [2.24, 2.45) is 0 Å². The predicted octanol–water partition coefficient (Wildman–Crippen LogP) is 3.22. The van der Waals surface area contributed by atoms with Crippen LogP contribution in [0.4, 0.5) is 11.6 Å². The van der Waals surface area contributed by atoms with Crippen LogP contribution in [0.3, 0.4) is 0 Å². The Morgan fingerprint density at radius 3 is 2.58 bits per heavy atom. The van der Waals surface area contributed by atoms with Crippen LogP contribution < -0.4 is 11.1 Å². The van der Waals surface area contributed by atoms with Crippen molar-refractivity contribution in [2.75, 3.05) is 11.1 Å². The maximum absolute atomic E-state index is 5.91. The Bertz CT molecular complexity index is 570. The van der Waals surface area contributed by atoms with Crippen LogP contribution in [0.15, 0.2) is 6.07 Å². The molecule has 2 aromatic heterocycles. The number of hydrogen-bond acceptors (Lipinski definition) is 5. The molecule has 5 heteroatoms. The maximum Gasteiger partial charge on any atom is 0.135 e. The molecule has 0 fully saturated rings. The first-order valence-corrected chi connectivity index (χ1v) is 7.25. The summed E-state index contributed by atoms with van der Waals surface area (Å²) < 4.78 is 0. The fourth-order valence-electron chi connectivity index (χ4n) is 1.82. The van der Waals surface area contributed by atoms with Gasteiger partial charge in [-0.15, -0.1) is 11.3 Å². The third kappa shape index (κ3) is 3.04. The molecule has 0 atom stereocenters. The number of nitrogens with zero attached hydrogens (tertiary/aromatic N) is 2. The van der Waals surface area contributed by atoms with E-state index in [-0.39, 0.29) is 0 Å². The van der Waals surface area contributed by atoms with Crippen molar-refractivity contribution in [3.8, 4) is 0 Å². The molecule has 0 aromatic carbocycles. The van der Waals surface area contributed by atoms with Crippen molar-refractivity contribution in [3.05, 3.63) is 32.8 Å². The largest absolute Gasteiger partial charge is 0.383 e. The Hall–Kier alpha value is -1.62. The topological polar surface area (TPSA) is 63.8 Å². The summed E-state index contributed by atoms with van der Waals surface area (Å²) in [7, 11) is 0. The van der Waals surface area contributed by atoms with Gasteiger partial charge in [0.25, 0.3) is 0 Å². The van der Waals surface area contributed by atoms with Crippen LogP contribution in [0.2, 0.25) is 0 Å². The van der Waals surface area contributed by atoms with E-state index in [9.17, 15) is 0 Å². The summed E-state index contributed by atoms with van der Waals surface area (Å²) in [5, 5.41) is 3.36. The van der Waals surface area contributed by atoms with Gasteiger partial charge in [-0.1, -0.05) is 6.92 Å². The van der Waals surface area contributed by atoms with E-state index in [4.69, 9.17) is 5.73 Å². The molecule has 2 rings (SSSR count). The predicted molar refractivity (Wildman–Crippen MR) is 81.7 cm³/mol. The van der Waals surface area contributed by atoms with Gasteiger partial charge in [0.15, 0.2) is 0 Å². The van der Waals surface area contributed by atoms with Crippen LogP contribution in [-0.4, -0.2) is 9.97 Å². The highest BCUT2D eigenvalue weighted by atomic mass is 32.1. The van der Waals surface area contributed by atoms with E-state index < -0.39 is 0 Å². The molecule has 0 amide bonds. The lowest BCUT2D eigenvalue weighted by Gasteiger charge is -2.10. The molecule has 0 spiro atoms. The minimum absolute atomic E-state index is 0.563. The Kier molecular flexibility index (Phi) is 4.04. The van der Waals surface area contributed by atoms with Gasteiger partial charge in [0.2, 0.25) is 0 Å². The van der Waals surface area contributed by atoms with Crippen molar-refractivity contribution in [1.29, 1.82) is 0 Å². The molecule has 102 valence electrons. The quantitative estimate of drug-likeness (QED) is 0.900. The minimum atomic E-state index is 0.563. The van der Waals surface area contributed by atoms with E-state index in [1.807, 2.05) is 25.2 Å². The minimum Gasteiger partial charge on any atom is -0.383 e. The SMILES string of the molecule is CCc1nc(N)c(C)c(NCc2cc(C)c(C)s2)n1.